The van der Waals surface area contributed by atoms with Gasteiger partial charge in [0.2, 0.25) is 0 Å². The molecule has 1 N–H and O–H groups in total. The third-order valence-corrected chi connectivity index (χ3v) is 5.31. The SMILES string of the molecule is Clc1ccc(C(CN2CCCC2)c2ccc(-c3cn[nH]c3)cc2)cc1. The molecule has 4 heteroatoms. The predicted octanol–water partition coefficient (Wildman–Crippen LogP) is 4.96. The molecular formula is C21H22ClN3. The highest BCUT2D eigenvalue weighted by atomic mass is 35.5. The minimum Gasteiger partial charge on any atom is -0.302 e. The number of H-pyrrole nitrogens is 1. The van der Waals surface area contributed by atoms with Crippen molar-refractivity contribution in [1.82, 2.24) is 15.1 Å². The molecule has 0 spiro atoms. The van der Waals surface area contributed by atoms with Crippen molar-refractivity contribution in [3.8, 4) is 11.1 Å². The van der Waals surface area contributed by atoms with Crippen molar-refractivity contribution in [3.63, 3.8) is 0 Å². The first-order valence-electron chi connectivity index (χ1n) is 8.86. The largest absolute Gasteiger partial charge is 0.302 e. The molecule has 2 heterocycles. The summed E-state index contributed by atoms with van der Waals surface area (Å²) in [7, 11) is 0. The lowest BCUT2D eigenvalue weighted by molar-refractivity contribution is 0.327. The number of nitrogens with zero attached hydrogens (tertiary/aromatic N) is 2. The van der Waals surface area contributed by atoms with Crippen LogP contribution >= 0.6 is 11.6 Å². The number of likely N-dealkylation sites (tertiary alicyclic amines) is 1. The second-order valence-corrected chi connectivity index (χ2v) is 7.16. The number of nitrogens with one attached hydrogen (secondary N) is 1. The predicted molar refractivity (Wildman–Crippen MR) is 103 cm³/mol. The van der Waals surface area contributed by atoms with E-state index in [9.17, 15) is 0 Å². The summed E-state index contributed by atoms with van der Waals surface area (Å²) in [6, 6.07) is 17.2. The Morgan fingerprint density at radius 2 is 1.56 bits per heavy atom. The highest BCUT2D eigenvalue weighted by molar-refractivity contribution is 6.30. The van der Waals surface area contributed by atoms with Crippen LogP contribution in [0, 0.1) is 0 Å². The van der Waals surface area contributed by atoms with E-state index < -0.39 is 0 Å². The molecule has 1 aliphatic rings. The van der Waals surface area contributed by atoms with Crippen LogP contribution in [-0.4, -0.2) is 34.7 Å². The molecule has 4 rings (SSSR count). The van der Waals surface area contributed by atoms with Crippen LogP contribution in [0.25, 0.3) is 11.1 Å². The summed E-state index contributed by atoms with van der Waals surface area (Å²) >= 11 is 6.09. The summed E-state index contributed by atoms with van der Waals surface area (Å²) in [5, 5.41) is 7.70. The third kappa shape index (κ3) is 3.78. The molecule has 0 radical (unpaired) electrons. The fourth-order valence-electron chi connectivity index (χ4n) is 3.64. The summed E-state index contributed by atoms with van der Waals surface area (Å²) in [5.74, 6) is 0.369. The van der Waals surface area contributed by atoms with Crippen LogP contribution < -0.4 is 0 Å². The van der Waals surface area contributed by atoms with Gasteiger partial charge in [-0.25, -0.2) is 0 Å². The van der Waals surface area contributed by atoms with Crippen molar-refractivity contribution in [2.75, 3.05) is 19.6 Å². The molecule has 25 heavy (non-hydrogen) atoms. The molecule has 3 aromatic rings. The Morgan fingerprint density at radius 3 is 2.16 bits per heavy atom. The molecule has 1 fully saturated rings. The van der Waals surface area contributed by atoms with Crippen molar-refractivity contribution in [3.05, 3.63) is 77.1 Å². The van der Waals surface area contributed by atoms with E-state index >= 15 is 0 Å². The Balaban J connectivity index is 1.63. The van der Waals surface area contributed by atoms with Crippen LogP contribution in [0.1, 0.15) is 29.9 Å². The van der Waals surface area contributed by atoms with Gasteiger partial charge < -0.3 is 4.90 Å². The topological polar surface area (TPSA) is 31.9 Å². The van der Waals surface area contributed by atoms with Crippen molar-refractivity contribution >= 4 is 11.6 Å². The number of aromatic amines is 1. The van der Waals surface area contributed by atoms with Crippen LogP contribution in [0.3, 0.4) is 0 Å². The fraction of sp³-hybridized carbons (Fsp3) is 0.286. The monoisotopic (exact) mass is 351 g/mol. The average molecular weight is 352 g/mol. The quantitative estimate of drug-likeness (QED) is 0.704. The van der Waals surface area contributed by atoms with Crippen LogP contribution in [0.4, 0.5) is 0 Å². The number of halogens is 1. The van der Waals surface area contributed by atoms with Gasteiger partial charge in [-0.15, -0.1) is 0 Å². The number of benzene rings is 2. The van der Waals surface area contributed by atoms with Crippen molar-refractivity contribution in [1.29, 1.82) is 0 Å². The molecule has 2 aromatic carbocycles. The lowest BCUT2D eigenvalue weighted by Crippen LogP contribution is -2.26. The lowest BCUT2D eigenvalue weighted by atomic mass is 9.90. The van der Waals surface area contributed by atoms with Gasteiger partial charge in [-0.05, 0) is 54.8 Å². The smallest absolute Gasteiger partial charge is 0.0565 e. The van der Waals surface area contributed by atoms with E-state index in [0.717, 1.165) is 17.1 Å². The minimum atomic E-state index is 0.369. The first kappa shape index (κ1) is 16.4. The summed E-state index contributed by atoms with van der Waals surface area (Å²) in [6.45, 7) is 3.47. The van der Waals surface area contributed by atoms with Gasteiger partial charge in [-0.1, -0.05) is 48.0 Å². The van der Waals surface area contributed by atoms with Gasteiger partial charge in [0.1, 0.15) is 0 Å². The zero-order valence-corrected chi connectivity index (χ0v) is 14.9. The Labute approximate surface area is 153 Å². The van der Waals surface area contributed by atoms with E-state index in [-0.39, 0.29) is 0 Å². The molecule has 0 aliphatic carbocycles. The van der Waals surface area contributed by atoms with Crippen LogP contribution in [0.15, 0.2) is 60.9 Å². The Hall–Kier alpha value is -2.10. The molecule has 1 atom stereocenters. The third-order valence-electron chi connectivity index (χ3n) is 5.06. The molecule has 0 bridgehead atoms. The number of rotatable bonds is 5. The first-order valence-corrected chi connectivity index (χ1v) is 9.24. The maximum absolute atomic E-state index is 6.09. The molecular weight excluding hydrogens is 330 g/mol. The fourth-order valence-corrected chi connectivity index (χ4v) is 3.76. The van der Waals surface area contributed by atoms with Gasteiger partial charge in [0.05, 0.1) is 6.20 Å². The van der Waals surface area contributed by atoms with Crippen molar-refractivity contribution < 1.29 is 0 Å². The lowest BCUT2D eigenvalue weighted by Gasteiger charge is -2.24. The van der Waals surface area contributed by atoms with Crippen LogP contribution in [0.2, 0.25) is 5.02 Å². The van der Waals surface area contributed by atoms with Gasteiger partial charge in [-0.3, -0.25) is 5.10 Å². The molecule has 0 amide bonds. The molecule has 1 saturated heterocycles. The molecule has 1 aliphatic heterocycles. The highest BCUT2D eigenvalue weighted by Gasteiger charge is 2.20. The zero-order valence-electron chi connectivity index (χ0n) is 14.2. The summed E-state index contributed by atoms with van der Waals surface area (Å²) in [4.78, 5) is 2.57. The van der Waals surface area contributed by atoms with Gasteiger partial charge in [0.25, 0.3) is 0 Å². The maximum Gasteiger partial charge on any atom is 0.0565 e. The summed E-state index contributed by atoms with van der Waals surface area (Å²) in [5.41, 5.74) is 4.98. The van der Waals surface area contributed by atoms with Gasteiger partial charge in [-0.2, -0.15) is 5.10 Å². The molecule has 1 aromatic heterocycles. The van der Waals surface area contributed by atoms with E-state index in [2.05, 4.69) is 51.5 Å². The van der Waals surface area contributed by atoms with Crippen LogP contribution in [-0.2, 0) is 0 Å². The van der Waals surface area contributed by atoms with Gasteiger partial charge in [0.15, 0.2) is 0 Å². The number of aromatic nitrogens is 2. The minimum absolute atomic E-state index is 0.369. The molecule has 1 unspecified atom stereocenters. The highest BCUT2D eigenvalue weighted by Crippen LogP contribution is 2.30. The van der Waals surface area contributed by atoms with E-state index in [1.54, 1.807) is 0 Å². The maximum atomic E-state index is 6.09. The van der Waals surface area contributed by atoms with E-state index in [1.165, 1.54) is 42.6 Å². The van der Waals surface area contributed by atoms with Gasteiger partial charge >= 0.3 is 0 Å². The first-order chi connectivity index (χ1) is 12.3. The molecule has 0 saturated carbocycles. The molecule has 3 nitrogen and oxygen atoms in total. The average Bonchev–Trinajstić information content (AvgIpc) is 3.35. The Morgan fingerprint density at radius 1 is 0.920 bits per heavy atom. The second kappa shape index (κ2) is 7.42. The van der Waals surface area contributed by atoms with Crippen molar-refractivity contribution in [2.24, 2.45) is 0 Å². The number of hydrogen-bond donors (Lipinski definition) is 1. The second-order valence-electron chi connectivity index (χ2n) is 6.72. The number of hydrogen-bond acceptors (Lipinski definition) is 2. The summed E-state index contributed by atoms with van der Waals surface area (Å²) < 4.78 is 0. The standard InChI is InChI=1S/C21H22ClN3/c22-20-9-7-18(8-10-20)21(15-25-11-1-2-12-25)17-5-3-16(4-6-17)19-13-23-24-14-19/h3-10,13-14,21H,1-2,11-12,15H2,(H,23,24). The summed E-state index contributed by atoms with van der Waals surface area (Å²) in [6.07, 6.45) is 6.41. The van der Waals surface area contributed by atoms with E-state index in [1.807, 2.05) is 24.5 Å². The van der Waals surface area contributed by atoms with Gasteiger partial charge in [0, 0.05) is 29.2 Å². The van der Waals surface area contributed by atoms with Crippen LogP contribution in [0.5, 0.6) is 0 Å². The molecule has 128 valence electrons. The van der Waals surface area contributed by atoms with E-state index in [4.69, 9.17) is 11.6 Å². The Kier molecular flexibility index (Phi) is 4.86. The Bertz CT molecular complexity index is 788. The normalized spacial score (nSPS) is 16.2. The van der Waals surface area contributed by atoms with Crippen molar-refractivity contribution in [2.45, 2.75) is 18.8 Å². The zero-order chi connectivity index (χ0) is 17.1. The van der Waals surface area contributed by atoms with E-state index in [0.29, 0.717) is 5.92 Å².